The summed E-state index contributed by atoms with van der Waals surface area (Å²) < 4.78 is 4.70. The van der Waals surface area contributed by atoms with Gasteiger partial charge in [0.05, 0.1) is 0 Å². The molecule has 21 heavy (non-hydrogen) atoms. The topological polar surface area (TPSA) is 87.8 Å². The van der Waals surface area contributed by atoms with E-state index >= 15 is 0 Å². The molecule has 7 heteroatoms. The number of hydrogen-bond acceptors (Lipinski definition) is 4. The van der Waals surface area contributed by atoms with Gasteiger partial charge < -0.3 is 10.3 Å². The molecule has 0 fully saturated rings. The third kappa shape index (κ3) is 2.42. The minimum atomic E-state index is -0.294. The van der Waals surface area contributed by atoms with Crippen LogP contribution in [0.2, 0.25) is 0 Å². The summed E-state index contributed by atoms with van der Waals surface area (Å²) >= 11 is 0. The quantitative estimate of drug-likeness (QED) is 0.830. The number of aromatic nitrogens is 4. The lowest BCUT2D eigenvalue weighted by atomic mass is 10.3. The number of imidazole rings is 1. The van der Waals surface area contributed by atoms with Gasteiger partial charge in [-0.25, -0.2) is 9.78 Å². The molecule has 0 radical (unpaired) electrons. The molecular formula is C14H23N5O2. The van der Waals surface area contributed by atoms with E-state index in [1.54, 1.807) is 11.5 Å². The Balaban J connectivity index is 2.94. The van der Waals surface area contributed by atoms with Crippen molar-refractivity contribution in [3.63, 3.8) is 0 Å². The van der Waals surface area contributed by atoms with Crippen LogP contribution in [0.5, 0.6) is 0 Å². The van der Waals surface area contributed by atoms with Gasteiger partial charge in [-0.15, -0.1) is 0 Å². The Labute approximate surface area is 123 Å². The second-order valence-electron chi connectivity index (χ2n) is 4.97. The minimum absolute atomic E-state index is 0.273. The maximum atomic E-state index is 12.6. The molecule has 2 heterocycles. The van der Waals surface area contributed by atoms with E-state index in [4.69, 9.17) is 5.73 Å². The molecule has 0 atom stereocenters. The van der Waals surface area contributed by atoms with Crippen molar-refractivity contribution >= 4 is 11.2 Å². The van der Waals surface area contributed by atoms with Crippen LogP contribution in [-0.4, -0.2) is 25.2 Å². The molecule has 0 saturated carbocycles. The largest absolute Gasteiger partial charge is 0.332 e. The average Bonchev–Trinajstić information content (AvgIpc) is 2.80. The fourth-order valence-corrected chi connectivity index (χ4v) is 2.68. The lowest BCUT2D eigenvalue weighted by Gasteiger charge is -2.10. The first-order valence-electron chi connectivity index (χ1n) is 7.53. The van der Waals surface area contributed by atoms with Crippen LogP contribution in [0, 0.1) is 0 Å². The van der Waals surface area contributed by atoms with E-state index in [1.165, 1.54) is 4.57 Å². The standard InChI is InChI=1S/C14H23N5O2/c1-4-7-10-16-12-11(19(10)9-8-15)13(20)18(6-3)14(21)17(12)5-2/h4-9,15H2,1-3H3. The fraction of sp³-hybridized carbons (Fsp3) is 0.643. The van der Waals surface area contributed by atoms with Gasteiger partial charge in [0.2, 0.25) is 0 Å². The van der Waals surface area contributed by atoms with Crippen LogP contribution in [0.15, 0.2) is 9.59 Å². The Morgan fingerprint density at radius 2 is 1.71 bits per heavy atom. The van der Waals surface area contributed by atoms with Crippen molar-refractivity contribution < 1.29 is 0 Å². The Kier molecular flexibility index (Phi) is 4.62. The molecule has 0 saturated heterocycles. The Bertz CT molecular complexity index is 753. The number of aryl methyl sites for hydroxylation is 2. The van der Waals surface area contributed by atoms with Crippen molar-refractivity contribution in [2.45, 2.75) is 53.2 Å². The number of fused-ring (bicyclic) bond motifs is 1. The highest BCUT2D eigenvalue weighted by atomic mass is 16.2. The van der Waals surface area contributed by atoms with Crippen LogP contribution in [-0.2, 0) is 26.1 Å². The van der Waals surface area contributed by atoms with Crippen LogP contribution >= 0.6 is 0 Å². The maximum Gasteiger partial charge on any atom is 0.332 e. The van der Waals surface area contributed by atoms with Gasteiger partial charge in [0.25, 0.3) is 5.56 Å². The van der Waals surface area contributed by atoms with E-state index in [2.05, 4.69) is 11.9 Å². The van der Waals surface area contributed by atoms with Crippen molar-refractivity contribution in [3.8, 4) is 0 Å². The molecule has 0 aliphatic carbocycles. The molecule has 0 bridgehead atoms. The van der Waals surface area contributed by atoms with E-state index in [0.717, 1.165) is 18.7 Å². The van der Waals surface area contributed by atoms with Gasteiger partial charge in [0.15, 0.2) is 11.2 Å². The second kappa shape index (κ2) is 6.26. The molecule has 0 aliphatic rings. The molecule has 0 aliphatic heterocycles. The molecule has 0 unspecified atom stereocenters. The van der Waals surface area contributed by atoms with E-state index in [1.807, 2.05) is 11.5 Å². The minimum Gasteiger partial charge on any atom is -0.329 e. The Morgan fingerprint density at radius 1 is 1.05 bits per heavy atom. The van der Waals surface area contributed by atoms with Gasteiger partial charge in [-0.1, -0.05) is 6.92 Å². The number of rotatable bonds is 6. The Morgan fingerprint density at radius 3 is 2.24 bits per heavy atom. The second-order valence-corrected chi connectivity index (χ2v) is 4.97. The molecule has 0 aromatic carbocycles. The molecule has 116 valence electrons. The van der Waals surface area contributed by atoms with Crippen molar-refractivity contribution in [1.82, 2.24) is 18.7 Å². The van der Waals surface area contributed by atoms with E-state index in [9.17, 15) is 9.59 Å². The summed E-state index contributed by atoms with van der Waals surface area (Å²) in [4.78, 5) is 29.5. The summed E-state index contributed by atoms with van der Waals surface area (Å²) in [5.41, 5.74) is 6.08. The smallest absolute Gasteiger partial charge is 0.329 e. The summed E-state index contributed by atoms with van der Waals surface area (Å²) in [6.45, 7) is 7.54. The van der Waals surface area contributed by atoms with Crippen LogP contribution < -0.4 is 17.0 Å². The number of hydrogen-bond donors (Lipinski definition) is 1. The maximum absolute atomic E-state index is 12.6. The van der Waals surface area contributed by atoms with Gasteiger partial charge in [0.1, 0.15) is 5.82 Å². The van der Waals surface area contributed by atoms with Crippen LogP contribution in [0.3, 0.4) is 0 Å². The first kappa shape index (κ1) is 15.5. The van der Waals surface area contributed by atoms with Gasteiger partial charge in [-0.3, -0.25) is 13.9 Å². The highest BCUT2D eigenvalue weighted by Gasteiger charge is 2.19. The van der Waals surface area contributed by atoms with Crippen molar-refractivity contribution in [3.05, 3.63) is 26.7 Å². The molecule has 2 rings (SSSR count). The van der Waals surface area contributed by atoms with Gasteiger partial charge >= 0.3 is 5.69 Å². The van der Waals surface area contributed by atoms with Crippen molar-refractivity contribution in [1.29, 1.82) is 0 Å². The molecule has 0 amide bonds. The first-order chi connectivity index (χ1) is 10.1. The van der Waals surface area contributed by atoms with Crippen molar-refractivity contribution in [2.24, 2.45) is 5.73 Å². The molecule has 2 aromatic rings. The summed E-state index contributed by atoms with van der Waals surface area (Å²) in [5.74, 6) is 0.825. The third-order valence-corrected chi connectivity index (χ3v) is 3.65. The highest BCUT2D eigenvalue weighted by Crippen LogP contribution is 2.13. The molecule has 2 N–H and O–H groups in total. The summed E-state index contributed by atoms with van der Waals surface area (Å²) in [6, 6.07) is 0. The van der Waals surface area contributed by atoms with Gasteiger partial charge in [0, 0.05) is 32.6 Å². The van der Waals surface area contributed by atoms with Crippen LogP contribution in [0.25, 0.3) is 11.2 Å². The van der Waals surface area contributed by atoms with Gasteiger partial charge in [-0.2, -0.15) is 0 Å². The Hall–Kier alpha value is -1.89. The first-order valence-corrected chi connectivity index (χ1v) is 7.53. The molecule has 0 spiro atoms. The van der Waals surface area contributed by atoms with Crippen LogP contribution in [0.4, 0.5) is 0 Å². The zero-order chi connectivity index (χ0) is 15.6. The zero-order valence-electron chi connectivity index (χ0n) is 12.9. The predicted molar refractivity (Wildman–Crippen MR) is 82.7 cm³/mol. The fourth-order valence-electron chi connectivity index (χ4n) is 2.68. The van der Waals surface area contributed by atoms with E-state index < -0.39 is 0 Å². The predicted octanol–water partition coefficient (Wildman–Crippen LogP) is 0.311. The van der Waals surface area contributed by atoms with E-state index in [-0.39, 0.29) is 11.2 Å². The summed E-state index contributed by atoms with van der Waals surface area (Å²) in [5, 5.41) is 0. The number of nitrogens with zero attached hydrogens (tertiary/aromatic N) is 4. The lowest BCUT2D eigenvalue weighted by molar-refractivity contribution is 0.601. The zero-order valence-corrected chi connectivity index (χ0v) is 12.9. The SMILES string of the molecule is CCCc1nc2c(c(=O)n(CC)c(=O)n2CC)n1CCN. The molecule has 7 nitrogen and oxygen atoms in total. The molecular weight excluding hydrogens is 270 g/mol. The lowest BCUT2D eigenvalue weighted by Crippen LogP contribution is -2.40. The third-order valence-electron chi connectivity index (χ3n) is 3.65. The highest BCUT2D eigenvalue weighted by molar-refractivity contribution is 5.71. The summed E-state index contributed by atoms with van der Waals surface area (Å²) in [7, 11) is 0. The van der Waals surface area contributed by atoms with Crippen LogP contribution in [0.1, 0.15) is 33.0 Å². The normalized spacial score (nSPS) is 11.4. The van der Waals surface area contributed by atoms with Gasteiger partial charge in [-0.05, 0) is 20.3 Å². The monoisotopic (exact) mass is 293 g/mol. The van der Waals surface area contributed by atoms with E-state index in [0.29, 0.717) is 37.3 Å². The summed E-state index contributed by atoms with van der Waals surface area (Å²) in [6.07, 6.45) is 1.68. The molecule has 2 aromatic heterocycles. The average molecular weight is 293 g/mol. The number of nitrogens with two attached hydrogens (primary N) is 1. The van der Waals surface area contributed by atoms with Crippen molar-refractivity contribution in [2.75, 3.05) is 6.54 Å².